The van der Waals surface area contributed by atoms with E-state index in [2.05, 4.69) is 118 Å². The van der Waals surface area contributed by atoms with Gasteiger partial charge in [-0.05, 0) is 217 Å². The molecule has 0 aromatic heterocycles. The Bertz CT molecular complexity index is 3280. The van der Waals surface area contributed by atoms with Crippen LogP contribution in [0.3, 0.4) is 0 Å². The maximum atomic E-state index is 13.8. The summed E-state index contributed by atoms with van der Waals surface area (Å²) in [6.07, 6.45) is 7.97. The Hall–Kier alpha value is -6.84. The number of hydrogen-bond donors (Lipinski definition) is 4. The molecule has 12 heteroatoms. The van der Waals surface area contributed by atoms with Crippen molar-refractivity contribution >= 4 is 0 Å². The van der Waals surface area contributed by atoms with Gasteiger partial charge in [0, 0.05) is 49.9 Å². The summed E-state index contributed by atoms with van der Waals surface area (Å²) in [7, 11) is 7.77. The highest BCUT2D eigenvalue weighted by atomic mass is 19.1. The number of likely N-dealkylation sites (N-methyl/N-ethyl adjacent to an activating group) is 4. The van der Waals surface area contributed by atoms with Crippen LogP contribution in [-0.4, -0.2) is 78.8 Å². The minimum absolute atomic E-state index is 0. The van der Waals surface area contributed by atoms with Crippen molar-refractivity contribution in [1.82, 2.24) is 21.3 Å². The van der Waals surface area contributed by atoms with Crippen molar-refractivity contribution in [3.8, 4) is 0 Å². The molecule has 0 radical (unpaired) electrons. The predicted molar refractivity (Wildman–Crippen MR) is 365 cm³/mol. The quantitative estimate of drug-likeness (QED) is 0.112. The zero-order valence-electron chi connectivity index (χ0n) is 50.7. The van der Waals surface area contributed by atoms with Crippen molar-refractivity contribution in [2.45, 2.75) is 154 Å². The van der Waals surface area contributed by atoms with E-state index in [1.54, 1.807) is 48.5 Å². The Labute approximate surface area is 545 Å². The fraction of sp³-hybridized carbons (Fsp3) is 0.400. The van der Waals surface area contributed by atoms with Crippen LogP contribution in [0.4, 0.5) is 17.6 Å². The first-order valence-electron chi connectivity index (χ1n) is 31.7. The molecule has 0 bridgehead atoms. The molecular formula is C80H96F4N4O4. The summed E-state index contributed by atoms with van der Waals surface area (Å²) in [5.74, 6) is 0.562. The number of hydrogen-bond acceptors (Lipinski definition) is 8. The second-order valence-electron chi connectivity index (χ2n) is 25.2. The number of ether oxygens (including phenoxy) is 4. The first kappa shape index (κ1) is 69.5. The fourth-order valence-corrected chi connectivity index (χ4v) is 15.8. The molecule has 4 saturated heterocycles. The van der Waals surface area contributed by atoms with Gasteiger partial charge in [0.25, 0.3) is 0 Å². The average Bonchev–Trinajstić information content (AvgIpc) is 1.70. The maximum Gasteiger partial charge on any atom is 0.123 e. The highest BCUT2D eigenvalue weighted by molar-refractivity contribution is 5.50. The first-order chi connectivity index (χ1) is 43.0. The highest BCUT2D eigenvalue weighted by Gasteiger charge is 2.44. The van der Waals surface area contributed by atoms with Crippen LogP contribution in [-0.2, 0) is 44.6 Å². The molecule has 92 heavy (non-hydrogen) atoms. The van der Waals surface area contributed by atoms with Crippen LogP contribution in [0.15, 0.2) is 170 Å². The van der Waals surface area contributed by atoms with Crippen LogP contribution in [0.5, 0.6) is 0 Å². The lowest BCUT2D eigenvalue weighted by Crippen LogP contribution is -2.23. The normalized spacial score (nSPS) is 24.9. The Morgan fingerprint density at radius 2 is 0.478 bits per heavy atom. The van der Waals surface area contributed by atoms with Crippen molar-refractivity contribution in [1.29, 1.82) is 0 Å². The van der Waals surface area contributed by atoms with E-state index < -0.39 is 0 Å². The zero-order valence-corrected chi connectivity index (χ0v) is 50.7. The molecule has 8 aromatic rings. The van der Waals surface area contributed by atoms with E-state index in [9.17, 15) is 17.6 Å². The number of benzene rings is 8. The third-order valence-electron chi connectivity index (χ3n) is 19.6. The first-order valence-corrected chi connectivity index (χ1v) is 31.7. The Balaban J connectivity index is 0.000000143. The van der Waals surface area contributed by atoms with Crippen molar-refractivity contribution in [3.63, 3.8) is 0 Å². The molecule has 16 rings (SSSR count). The molecule has 0 spiro atoms. The second-order valence-corrected chi connectivity index (χ2v) is 25.2. The summed E-state index contributed by atoms with van der Waals surface area (Å²) >= 11 is 0. The van der Waals surface area contributed by atoms with E-state index in [0.29, 0.717) is 23.7 Å². The van der Waals surface area contributed by atoms with Gasteiger partial charge in [-0.15, -0.1) is 0 Å². The molecule has 0 amide bonds. The van der Waals surface area contributed by atoms with E-state index in [0.717, 1.165) is 99.8 Å². The van der Waals surface area contributed by atoms with E-state index in [4.69, 9.17) is 18.9 Å². The lowest BCUT2D eigenvalue weighted by Gasteiger charge is -2.19. The molecule has 4 aliphatic heterocycles. The Kier molecular flexibility index (Phi) is 23.4. The molecule has 4 N–H and O–H groups in total. The van der Waals surface area contributed by atoms with Gasteiger partial charge in [-0.1, -0.05) is 151 Å². The molecule has 0 saturated carbocycles. The van der Waals surface area contributed by atoms with Gasteiger partial charge in [0.2, 0.25) is 0 Å². The summed E-state index contributed by atoms with van der Waals surface area (Å²) in [5.41, 5.74) is 19.7. The molecule has 8 aliphatic rings. The van der Waals surface area contributed by atoms with Gasteiger partial charge < -0.3 is 40.2 Å². The van der Waals surface area contributed by atoms with E-state index in [1.165, 1.54) is 66.8 Å². The molecule has 4 heterocycles. The lowest BCUT2D eigenvalue weighted by atomic mass is 9.87. The number of rotatable bonds is 8. The minimum atomic E-state index is -0.177. The molecule has 8 aromatic carbocycles. The van der Waals surface area contributed by atoms with Gasteiger partial charge in [0.05, 0.1) is 48.8 Å². The van der Waals surface area contributed by atoms with E-state index in [-0.39, 0.29) is 102 Å². The monoisotopic (exact) mass is 1250 g/mol. The van der Waals surface area contributed by atoms with Crippen LogP contribution < -0.4 is 21.3 Å². The van der Waals surface area contributed by atoms with E-state index in [1.807, 2.05) is 52.5 Å². The minimum Gasteiger partial charge on any atom is -0.368 e. The van der Waals surface area contributed by atoms with Gasteiger partial charge in [-0.3, -0.25) is 0 Å². The third kappa shape index (κ3) is 14.4. The van der Waals surface area contributed by atoms with Crippen LogP contribution >= 0.6 is 0 Å². The molecular weight excluding hydrogens is 1160 g/mol. The number of nitrogens with one attached hydrogen (secondary N) is 4. The van der Waals surface area contributed by atoms with Crippen LogP contribution in [0.2, 0.25) is 0 Å². The van der Waals surface area contributed by atoms with Gasteiger partial charge in [-0.25, -0.2) is 17.6 Å². The van der Waals surface area contributed by atoms with Crippen molar-refractivity contribution in [2.24, 2.45) is 0 Å². The smallest absolute Gasteiger partial charge is 0.123 e. The van der Waals surface area contributed by atoms with E-state index >= 15 is 0 Å². The number of fused-ring (bicyclic) bond motifs is 20. The van der Waals surface area contributed by atoms with Gasteiger partial charge in [0.1, 0.15) is 23.3 Å². The SMILES string of the molecule is C.C.C.C.CNC[C@@H]1C[C@@H]2c3ccccc3Cc3ccc(F)cc3[C@@H]2O1.CNC[C@@H]1C[C@H]2c3ccccc3Cc3ccc(F)cc3[C@H]2O1.CNC[C@H]1C[C@@H]2c3ccccc3Cc3ccc(F)cc3[C@@H]2O1.CNC[C@H]1C[C@H]2c3ccccc3Cc3ccc(F)cc3[C@H]2O1. The Morgan fingerprint density at radius 3 is 0.685 bits per heavy atom. The molecule has 12 atom stereocenters. The molecule has 4 fully saturated rings. The molecule has 488 valence electrons. The van der Waals surface area contributed by atoms with Crippen molar-refractivity contribution in [2.75, 3.05) is 54.4 Å². The van der Waals surface area contributed by atoms with Gasteiger partial charge in [0.15, 0.2) is 0 Å². The standard InChI is InChI=1S/4C19H20FNO.4CH4/c4*1-21-11-15-10-18-16-5-3-2-4-12(16)8-13-6-7-14(20)9-17(13)19(18)22-15;;;;/h4*2-7,9,15,18-19,21H,8,10-11H2,1H3;4*1H4/t2*15-,18+,19-;2*15-,18-,19+;;;;/m1010..../s1. The summed E-state index contributed by atoms with van der Waals surface area (Å²) < 4.78 is 80.3. The van der Waals surface area contributed by atoms with Crippen molar-refractivity contribution < 1.29 is 36.5 Å². The summed E-state index contributed by atoms with van der Waals surface area (Å²) in [5, 5.41) is 12.8. The fourth-order valence-electron chi connectivity index (χ4n) is 15.8. The lowest BCUT2D eigenvalue weighted by molar-refractivity contribution is 0.0416. The average molecular weight is 1250 g/mol. The maximum absolute atomic E-state index is 13.8. The second kappa shape index (κ2) is 30.9. The van der Waals surface area contributed by atoms with Crippen molar-refractivity contribution in [3.05, 3.63) is 282 Å². The topological polar surface area (TPSA) is 85.0 Å². The Morgan fingerprint density at radius 1 is 0.283 bits per heavy atom. The van der Waals surface area contributed by atoms with Gasteiger partial charge >= 0.3 is 0 Å². The zero-order chi connectivity index (χ0) is 60.4. The molecule has 8 nitrogen and oxygen atoms in total. The number of halogens is 4. The molecule has 0 unspecified atom stereocenters. The third-order valence-corrected chi connectivity index (χ3v) is 19.6. The van der Waals surface area contributed by atoms with Gasteiger partial charge in [-0.2, -0.15) is 0 Å². The van der Waals surface area contributed by atoms with Crippen LogP contribution in [0, 0.1) is 23.3 Å². The van der Waals surface area contributed by atoms with Crippen LogP contribution in [0.1, 0.15) is 192 Å². The summed E-state index contributed by atoms with van der Waals surface area (Å²) in [6, 6.07) is 54.9. The highest BCUT2D eigenvalue weighted by Crippen LogP contribution is 2.53. The predicted octanol–water partition coefficient (Wildman–Crippen LogP) is 16.8. The molecule has 4 aliphatic carbocycles. The summed E-state index contributed by atoms with van der Waals surface area (Å²) in [4.78, 5) is 0. The van der Waals surface area contributed by atoms with Crippen LogP contribution in [0.25, 0.3) is 0 Å². The largest absolute Gasteiger partial charge is 0.368 e. The summed E-state index contributed by atoms with van der Waals surface area (Å²) in [6.45, 7) is 3.33.